The molecule has 1 aliphatic heterocycles. The van der Waals surface area contributed by atoms with Gasteiger partial charge in [0.15, 0.2) is 0 Å². The average molecular weight is 215 g/mol. The lowest BCUT2D eigenvalue weighted by Gasteiger charge is -2.38. The van der Waals surface area contributed by atoms with Gasteiger partial charge in [0.25, 0.3) is 0 Å². The molecule has 0 spiro atoms. The maximum atomic E-state index is 11.4. The number of hydrogen-bond donors (Lipinski definition) is 3. The molecule has 0 aromatic carbocycles. The molecular weight excluding hydrogens is 202 g/mol. The molecule has 4 N–H and O–H groups in total. The summed E-state index contributed by atoms with van der Waals surface area (Å²) in [5.74, 6) is -1.70. The molecule has 1 aliphatic rings. The molecule has 1 fully saturated rings. The van der Waals surface area contributed by atoms with Gasteiger partial charge in [-0.05, 0) is 13.3 Å². The molecule has 0 saturated carbocycles. The van der Waals surface area contributed by atoms with Crippen molar-refractivity contribution in [3.63, 3.8) is 0 Å². The number of likely N-dealkylation sites (tertiary alicyclic amines) is 1. The molecule has 7 heteroatoms. The Morgan fingerprint density at radius 1 is 1.53 bits per heavy atom. The van der Waals surface area contributed by atoms with Crippen molar-refractivity contribution in [2.24, 2.45) is 5.73 Å². The molecular formula is C8H13N3O4. The third kappa shape index (κ3) is 2.36. The molecule has 84 valence electrons. The van der Waals surface area contributed by atoms with E-state index in [9.17, 15) is 14.4 Å². The predicted molar refractivity (Wildman–Crippen MR) is 49.9 cm³/mol. The lowest BCUT2D eigenvalue weighted by atomic mass is 10.0. The third-order valence-corrected chi connectivity index (χ3v) is 2.32. The van der Waals surface area contributed by atoms with Crippen molar-refractivity contribution in [1.82, 2.24) is 10.2 Å². The quantitative estimate of drug-likeness (QED) is 0.544. The number of carbonyl (C=O) groups is 3. The second kappa shape index (κ2) is 4.16. The highest BCUT2D eigenvalue weighted by atomic mass is 16.4. The summed E-state index contributed by atoms with van der Waals surface area (Å²) in [5.41, 5.74) is 5.04. The maximum Gasteiger partial charge on any atom is 0.325 e. The molecule has 0 aliphatic carbocycles. The summed E-state index contributed by atoms with van der Waals surface area (Å²) in [4.78, 5) is 33.9. The Morgan fingerprint density at radius 2 is 2.13 bits per heavy atom. The van der Waals surface area contributed by atoms with Gasteiger partial charge in [0.2, 0.25) is 5.91 Å². The van der Waals surface area contributed by atoms with Crippen LogP contribution in [0.5, 0.6) is 0 Å². The molecule has 7 nitrogen and oxygen atoms in total. The van der Waals surface area contributed by atoms with Crippen LogP contribution in [0.25, 0.3) is 0 Å². The van der Waals surface area contributed by atoms with Crippen molar-refractivity contribution < 1.29 is 19.5 Å². The van der Waals surface area contributed by atoms with E-state index in [0.717, 1.165) is 0 Å². The summed E-state index contributed by atoms with van der Waals surface area (Å²) in [6.45, 7) is 1.77. The average Bonchev–Trinajstić information content (AvgIpc) is 1.99. The van der Waals surface area contributed by atoms with Gasteiger partial charge in [0, 0.05) is 6.54 Å². The summed E-state index contributed by atoms with van der Waals surface area (Å²) in [6, 6.07) is -2.16. The first-order valence-corrected chi connectivity index (χ1v) is 4.52. The Kier molecular flexibility index (Phi) is 3.13. The molecule has 2 unspecified atom stereocenters. The second-order valence-electron chi connectivity index (χ2n) is 3.41. The number of carboxylic acid groups (broad SMARTS) is 1. The number of aliphatic carboxylic acids is 1. The van der Waals surface area contributed by atoms with Gasteiger partial charge in [-0.1, -0.05) is 0 Å². The standard InChI is InChI=1S/C8H13N3O4/c1-4(7(13)14)10-8(15)11-3-2-5(11)6(9)12/h4-5H,2-3H2,1H3,(H2,9,12)(H,10,15)(H,13,14). The van der Waals surface area contributed by atoms with E-state index in [1.807, 2.05) is 0 Å². The summed E-state index contributed by atoms with van der Waals surface area (Å²) < 4.78 is 0. The van der Waals surface area contributed by atoms with Crippen LogP contribution in [-0.2, 0) is 9.59 Å². The molecule has 0 bridgehead atoms. The number of primary amides is 1. The van der Waals surface area contributed by atoms with E-state index >= 15 is 0 Å². The minimum Gasteiger partial charge on any atom is -0.480 e. The van der Waals surface area contributed by atoms with E-state index in [1.54, 1.807) is 0 Å². The highest BCUT2D eigenvalue weighted by molar-refractivity contribution is 5.89. The number of hydrogen-bond acceptors (Lipinski definition) is 3. The Bertz CT molecular complexity index is 304. The SMILES string of the molecule is CC(NC(=O)N1CCC1C(N)=O)C(=O)O. The van der Waals surface area contributed by atoms with Crippen molar-refractivity contribution in [3.05, 3.63) is 0 Å². The van der Waals surface area contributed by atoms with E-state index < -0.39 is 30.0 Å². The van der Waals surface area contributed by atoms with Crippen molar-refractivity contribution in [1.29, 1.82) is 0 Å². The Morgan fingerprint density at radius 3 is 2.47 bits per heavy atom. The Balaban J connectivity index is 2.48. The monoisotopic (exact) mass is 215 g/mol. The molecule has 15 heavy (non-hydrogen) atoms. The summed E-state index contributed by atoms with van der Waals surface area (Å²) in [5, 5.41) is 10.8. The number of amides is 3. The highest BCUT2D eigenvalue weighted by Gasteiger charge is 2.36. The van der Waals surface area contributed by atoms with Crippen LogP contribution in [0.1, 0.15) is 13.3 Å². The zero-order valence-corrected chi connectivity index (χ0v) is 8.27. The zero-order valence-electron chi connectivity index (χ0n) is 8.27. The van der Waals surface area contributed by atoms with Gasteiger partial charge in [-0.15, -0.1) is 0 Å². The van der Waals surface area contributed by atoms with Crippen LogP contribution >= 0.6 is 0 Å². The lowest BCUT2D eigenvalue weighted by Crippen LogP contribution is -2.61. The van der Waals surface area contributed by atoms with Gasteiger partial charge < -0.3 is 21.1 Å². The molecule has 1 saturated heterocycles. The first-order chi connectivity index (χ1) is 6.93. The molecule has 0 aromatic heterocycles. The predicted octanol–water partition coefficient (Wildman–Crippen LogP) is -1.27. The number of nitrogens with one attached hydrogen (secondary N) is 1. The van der Waals surface area contributed by atoms with E-state index in [2.05, 4.69) is 5.32 Å². The summed E-state index contributed by atoms with van der Waals surface area (Å²) in [7, 11) is 0. The molecule has 1 rings (SSSR count). The van der Waals surface area contributed by atoms with E-state index in [4.69, 9.17) is 10.8 Å². The van der Waals surface area contributed by atoms with Crippen LogP contribution in [0.2, 0.25) is 0 Å². The number of urea groups is 1. The smallest absolute Gasteiger partial charge is 0.325 e. The van der Waals surface area contributed by atoms with Crippen molar-refractivity contribution in [2.75, 3.05) is 6.54 Å². The van der Waals surface area contributed by atoms with Gasteiger partial charge >= 0.3 is 12.0 Å². The van der Waals surface area contributed by atoms with Gasteiger partial charge in [-0.3, -0.25) is 9.59 Å². The largest absolute Gasteiger partial charge is 0.480 e. The fourth-order valence-electron chi connectivity index (χ4n) is 1.26. The first-order valence-electron chi connectivity index (χ1n) is 4.52. The normalized spacial score (nSPS) is 21.4. The van der Waals surface area contributed by atoms with Crippen LogP contribution in [0.15, 0.2) is 0 Å². The van der Waals surface area contributed by atoms with Crippen molar-refractivity contribution >= 4 is 17.9 Å². The van der Waals surface area contributed by atoms with Gasteiger partial charge in [-0.2, -0.15) is 0 Å². The van der Waals surface area contributed by atoms with Gasteiger partial charge in [0.1, 0.15) is 12.1 Å². The Labute approximate surface area is 86.2 Å². The number of carbonyl (C=O) groups excluding carboxylic acids is 2. The fraction of sp³-hybridized carbons (Fsp3) is 0.625. The molecule has 3 amide bonds. The topological polar surface area (TPSA) is 113 Å². The fourth-order valence-corrected chi connectivity index (χ4v) is 1.26. The van der Waals surface area contributed by atoms with Crippen molar-refractivity contribution in [3.8, 4) is 0 Å². The molecule has 0 aromatic rings. The third-order valence-electron chi connectivity index (χ3n) is 2.32. The van der Waals surface area contributed by atoms with E-state index in [-0.39, 0.29) is 0 Å². The highest BCUT2D eigenvalue weighted by Crippen LogP contribution is 2.16. The molecule has 0 radical (unpaired) electrons. The van der Waals surface area contributed by atoms with Crippen LogP contribution in [0.3, 0.4) is 0 Å². The maximum absolute atomic E-state index is 11.4. The van der Waals surface area contributed by atoms with Crippen LogP contribution in [-0.4, -0.2) is 46.5 Å². The van der Waals surface area contributed by atoms with E-state index in [0.29, 0.717) is 13.0 Å². The van der Waals surface area contributed by atoms with Gasteiger partial charge in [0.05, 0.1) is 0 Å². The van der Waals surface area contributed by atoms with Crippen LogP contribution < -0.4 is 11.1 Å². The summed E-state index contributed by atoms with van der Waals surface area (Å²) in [6.07, 6.45) is 0.532. The van der Waals surface area contributed by atoms with Crippen LogP contribution in [0, 0.1) is 0 Å². The number of rotatable bonds is 3. The Hall–Kier alpha value is -1.79. The number of nitrogens with two attached hydrogens (primary N) is 1. The molecule has 2 atom stereocenters. The minimum absolute atomic E-state index is 0.422. The van der Waals surface area contributed by atoms with Gasteiger partial charge in [-0.25, -0.2) is 4.79 Å². The minimum atomic E-state index is -1.13. The lowest BCUT2D eigenvalue weighted by molar-refractivity contribution is -0.138. The van der Waals surface area contributed by atoms with E-state index in [1.165, 1.54) is 11.8 Å². The first kappa shape index (κ1) is 11.3. The van der Waals surface area contributed by atoms with Crippen LogP contribution in [0.4, 0.5) is 4.79 Å². The molecule has 1 heterocycles. The second-order valence-corrected chi connectivity index (χ2v) is 3.41. The zero-order chi connectivity index (χ0) is 11.6. The number of nitrogens with zero attached hydrogens (tertiary/aromatic N) is 1. The number of carboxylic acids is 1. The van der Waals surface area contributed by atoms with Crippen molar-refractivity contribution in [2.45, 2.75) is 25.4 Å². The summed E-state index contributed by atoms with van der Waals surface area (Å²) >= 11 is 0.